The molecule has 9 heavy (non-hydrogen) atoms. The normalized spacial score (nSPS) is 7.00. The van der Waals surface area contributed by atoms with Gasteiger partial charge >= 0.3 is 0 Å². The zero-order valence-electron chi connectivity index (χ0n) is 4.55. The summed E-state index contributed by atoms with van der Waals surface area (Å²) in [5.41, 5.74) is 0.663. The number of nitriles is 1. The highest BCUT2D eigenvalue weighted by molar-refractivity contribution is 5.31. The monoisotopic (exact) mass is 117 g/mol. The first-order valence-corrected chi connectivity index (χ1v) is 2.33. The van der Waals surface area contributed by atoms with Gasteiger partial charge in [-0.05, 0) is 12.0 Å². The first kappa shape index (κ1) is 5.40. The van der Waals surface area contributed by atoms with Crippen LogP contribution in [-0.2, 0) is 0 Å². The molecular formula is C6H3N3. The molecular weight excluding hydrogens is 114 g/mol. The van der Waals surface area contributed by atoms with E-state index in [0.29, 0.717) is 5.69 Å². The topological polar surface area (TPSA) is 52.5 Å². The number of aromatic amines is 1. The first-order valence-electron chi connectivity index (χ1n) is 2.33. The molecule has 1 aromatic heterocycles. The van der Waals surface area contributed by atoms with Gasteiger partial charge < -0.3 is 0 Å². The van der Waals surface area contributed by atoms with Crippen LogP contribution in [0.1, 0.15) is 5.69 Å². The van der Waals surface area contributed by atoms with Gasteiger partial charge in [-0.15, -0.1) is 0 Å². The molecule has 1 N–H and O–H groups in total. The summed E-state index contributed by atoms with van der Waals surface area (Å²) in [5, 5.41) is 14.2. The van der Waals surface area contributed by atoms with Crippen molar-refractivity contribution >= 4 is 0 Å². The fraction of sp³-hybridized carbons (Fsp3) is 0. The van der Waals surface area contributed by atoms with Gasteiger partial charge in [0.15, 0.2) is 6.07 Å². The van der Waals surface area contributed by atoms with Crippen LogP contribution in [0.4, 0.5) is 0 Å². The maximum atomic E-state index is 8.01. The summed E-state index contributed by atoms with van der Waals surface area (Å²) >= 11 is 0. The molecule has 0 saturated carbocycles. The van der Waals surface area contributed by atoms with Crippen LogP contribution in [0.5, 0.6) is 0 Å². The van der Waals surface area contributed by atoms with E-state index in [0.717, 1.165) is 0 Å². The first-order chi connectivity index (χ1) is 4.43. The number of hydrogen-bond acceptors (Lipinski definition) is 2. The minimum Gasteiger partial charge on any atom is -0.270 e. The molecule has 0 radical (unpaired) electrons. The Balaban J connectivity index is 2.82. The third kappa shape index (κ3) is 1.32. The van der Waals surface area contributed by atoms with Crippen LogP contribution >= 0.6 is 0 Å². The van der Waals surface area contributed by atoms with E-state index in [9.17, 15) is 0 Å². The Morgan fingerprint density at radius 1 is 1.67 bits per heavy atom. The van der Waals surface area contributed by atoms with Crippen LogP contribution in [0.2, 0.25) is 0 Å². The van der Waals surface area contributed by atoms with E-state index >= 15 is 0 Å². The van der Waals surface area contributed by atoms with Crippen molar-refractivity contribution in [3.8, 4) is 17.9 Å². The smallest absolute Gasteiger partial charge is 0.152 e. The predicted molar refractivity (Wildman–Crippen MR) is 31.1 cm³/mol. The summed E-state index contributed by atoms with van der Waals surface area (Å²) < 4.78 is 0. The van der Waals surface area contributed by atoms with Crippen LogP contribution in [-0.4, -0.2) is 10.2 Å². The van der Waals surface area contributed by atoms with Gasteiger partial charge in [0.25, 0.3) is 0 Å². The molecule has 0 aliphatic heterocycles. The highest BCUT2D eigenvalue weighted by Gasteiger charge is 1.80. The van der Waals surface area contributed by atoms with Gasteiger partial charge in [-0.25, -0.2) is 0 Å². The molecule has 0 amide bonds. The largest absolute Gasteiger partial charge is 0.270 e. The van der Waals surface area contributed by atoms with Gasteiger partial charge in [-0.1, -0.05) is 0 Å². The van der Waals surface area contributed by atoms with E-state index in [1.54, 1.807) is 18.3 Å². The minimum atomic E-state index is 0.663. The van der Waals surface area contributed by atoms with Crippen molar-refractivity contribution < 1.29 is 0 Å². The predicted octanol–water partition coefficient (Wildman–Crippen LogP) is 0.285. The van der Waals surface area contributed by atoms with Crippen molar-refractivity contribution in [2.24, 2.45) is 0 Å². The summed E-state index contributed by atoms with van der Waals surface area (Å²) in [6.07, 6.45) is 1.58. The van der Waals surface area contributed by atoms with Crippen molar-refractivity contribution in [1.82, 2.24) is 10.2 Å². The zero-order valence-corrected chi connectivity index (χ0v) is 4.55. The zero-order chi connectivity index (χ0) is 6.53. The van der Waals surface area contributed by atoms with Crippen molar-refractivity contribution in [1.29, 1.82) is 5.26 Å². The number of nitrogens with zero attached hydrogens (tertiary/aromatic N) is 2. The summed E-state index contributed by atoms with van der Waals surface area (Å²) in [4.78, 5) is 0. The molecule has 0 unspecified atom stereocenters. The molecule has 3 nitrogen and oxygen atoms in total. The molecule has 1 heterocycles. The summed E-state index contributed by atoms with van der Waals surface area (Å²) in [7, 11) is 0. The second-order valence-electron chi connectivity index (χ2n) is 1.33. The SMILES string of the molecule is N#CC#Cc1ccn[nH]1. The summed E-state index contributed by atoms with van der Waals surface area (Å²) in [6, 6.07) is 3.40. The second-order valence-corrected chi connectivity index (χ2v) is 1.33. The highest BCUT2D eigenvalue weighted by Crippen LogP contribution is 1.84. The third-order valence-corrected chi connectivity index (χ3v) is 0.754. The van der Waals surface area contributed by atoms with Gasteiger partial charge in [0.1, 0.15) is 5.69 Å². The fourth-order valence-electron chi connectivity index (χ4n) is 0.421. The average Bonchev–Trinajstić information content (AvgIpc) is 2.34. The van der Waals surface area contributed by atoms with Crippen molar-refractivity contribution in [2.45, 2.75) is 0 Å². The van der Waals surface area contributed by atoms with E-state index in [1.165, 1.54) is 0 Å². The van der Waals surface area contributed by atoms with Crippen molar-refractivity contribution in [2.75, 3.05) is 0 Å². The molecule has 42 valence electrons. The molecule has 3 heteroatoms. The van der Waals surface area contributed by atoms with Gasteiger partial charge in [0, 0.05) is 12.1 Å². The lowest BCUT2D eigenvalue weighted by molar-refractivity contribution is 1.08. The molecule has 0 fully saturated rings. The molecule has 1 rings (SSSR count). The van der Waals surface area contributed by atoms with Crippen LogP contribution in [0.3, 0.4) is 0 Å². The van der Waals surface area contributed by atoms with Gasteiger partial charge in [-0.3, -0.25) is 5.10 Å². The molecule has 0 aliphatic carbocycles. The van der Waals surface area contributed by atoms with E-state index in [4.69, 9.17) is 5.26 Å². The lowest BCUT2D eigenvalue weighted by Gasteiger charge is -1.70. The van der Waals surface area contributed by atoms with E-state index in [-0.39, 0.29) is 0 Å². The van der Waals surface area contributed by atoms with Gasteiger partial charge in [0.05, 0.1) is 0 Å². The molecule has 0 atom stereocenters. The van der Waals surface area contributed by atoms with E-state index in [1.807, 2.05) is 0 Å². The lowest BCUT2D eigenvalue weighted by atomic mass is 10.4. The molecule has 1 aromatic rings. The van der Waals surface area contributed by atoms with Crippen LogP contribution in [0.15, 0.2) is 12.3 Å². The summed E-state index contributed by atoms with van der Waals surface area (Å²) in [6.45, 7) is 0. The number of aromatic nitrogens is 2. The van der Waals surface area contributed by atoms with Crippen LogP contribution in [0.25, 0.3) is 0 Å². The number of hydrogen-bond donors (Lipinski definition) is 1. The van der Waals surface area contributed by atoms with E-state index < -0.39 is 0 Å². The Morgan fingerprint density at radius 3 is 3.11 bits per heavy atom. The maximum absolute atomic E-state index is 8.01. The number of H-pyrrole nitrogens is 1. The quantitative estimate of drug-likeness (QED) is 0.496. The molecule has 0 aromatic carbocycles. The van der Waals surface area contributed by atoms with Gasteiger partial charge in [0.2, 0.25) is 0 Å². The minimum absolute atomic E-state index is 0.663. The Labute approximate surface area is 52.3 Å². The Kier molecular flexibility index (Phi) is 1.52. The maximum Gasteiger partial charge on any atom is 0.152 e. The molecule has 0 spiro atoms. The number of nitrogens with one attached hydrogen (secondary N) is 1. The fourth-order valence-corrected chi connectivity index (χ4v) is 0.421. The van der Waals surface area contributed by atoms with Crippen molar-refractivity contribution in [3.05, 3.63) is 18.0 Å². The standard InChI is InChI=1S/C6H3N3/c7-4-1-2-6-3-5-8-9-6/h3,5H,(H,8,9). The molecule has 0 aliphatic rings. The van der Waals surface area contributed by atoms with Crippen LogP contribution in [0, 0.1) is 23.2 Å². The molecule has 0 bridgehead atoms. The lowest BCUT2D eigenvalue weighted by Crippen LogP contribution is -1.70. The molecule has 0 saturated heterocycles. The Hall–Kier alpha value is -1.74. The van der Waals surface area contributed by atoms with E-state index in [2.05, 4.69) is 22.0 Å². The third-order valence-electron chi connectivity index (χ3n) is 0.754. The van der Waals surface area contributed by atoms with Crippen molar-refractivity contribution in [3.63, 3.8) is 0 Å². The summed E-state index contributed by atoms with van der Waals surface area (Å²) in [5.74, 6) is 4.78. The second kappa shape index (κ2) is 2.54. The van der Waals surface area contributed by atoms with Gasteiger partial charge in [-0.2, -0.15) is 10.4 Å². The number of rotatable bonds is 0. The van der Waals surface area contributed by atoms with Crippen LogP contribution < -0.4 is 0 Å². The Morgan fingerprint density at radius 2 is 2.56 bits per heavy atom. The average molecular weight is 117 g/mol. The highest BCUT2D eigenvalue weighted by atomic mass is 15.1. The Bertz CT molecular complexity index is 267.